The summed E-state index contributed by atoms with van der Waals surface area (Å²) in [5.41, 5.74) is 1.71. The van der Waals surface area contributed by atoms with Crippen molar-refractivity contribution in [1.82, 2.24) is 0 Å². The Bertz CT molecular complexity index is 761. The summed E-state index contributed by atoms with van der Waals surface area (Å²) in [5, 5.41) is 10.8. The number of ketones is 1. The highest BCUT2D eigenvalue weighted by molar-refractivity contribution is 5.87. The number of aliphatic hydroxyl groups excluding tert-OH is 1. The van der Waals surface area contributed by atoms with Crippen LogP contribution in [0.4, 0.5) is 0 Å². The van der Waals surface area contributed by atoms with Crippen LogP contribution in [0.25, 0.3) is 0 Å². The van der Waals surface area contributed by atoms with Crippen molar-refractivity contribution in [2.45, 2.75) is 111 Å². The van der Waals surface area contributed by atoms with E-state index in [1.54, 1.807) is 5.57 Å². The number of allylic oxidation sites excluding steroid dienone is 1. The van der Waals surface area contributed by atoms with Gasteiger partial charge in [-0.25, -0.2) is 0 Å². The van der Waals surface area contributed by atoms with Gasteiger partial charge < -0.3 is 5.11 Å². The zero-order chi connectivity index (χ0) is 22.2. The number of fused-ring (bicyclic) bond motifs is 6. The first-order chi connectivity index (χ1) is 14.6. The maximum Gasteiger partial charge on any atom is 0.139 e. The molecule has 5 rings (SSSR count). The summed E-state index contributed by atoms with van der Waals surface area (Å²) in [6, 6.07) is 0. The largest absolute Gasteiger partial charge is 0.392 e. The molecule has 0 amide bonds. The van der Waals surface area contributed by atoms with Gasteiger partial charge >= 0.3 is 0 Å². The zero-order valence-corrected chi connectivity index (χ0v) is 20.8. The number of carbonyl (C=O) groups excluding carboxylic acids is 1. The van der Waals surface area contributed by atoms with Crippen LogP contribution in [0.15, 0.2) is 11.6 Å². The van der Waals surface area contributed by atoms with Gasteiger partial charge in [0.15, 0.2) is 0 Å². The van der Waals surface area contributed by atoms with Crippen molar-refractivity contribution in [3.63, 3.8) is 0 Å². The third-order valence-corrected chi connectivity index (χ3v) is 11.4. The van der Waals surface area contributed by atoms with Crippen molar-refractivity contribution in [2.24, 2.45) is 51.8 Å². The van der Waals surface area contributed by atoms with Gasteiger partial charge in [-0.05, 0) is 85.9 Å². The molecule has 4 fully saturated rings. The topological polar surface area (TPSA) is 37.3 Å². The Kier molecular flexibility index (Phi) is 5.32. The van der Waals surface area contributed by atoms with Crippen molar-refractivity contribution in [3.8, 4) is 0 Å². The second-order valence-corrected chi connectivity index (χ2v) is 13.3. The van der Waals surface area contributed by atoms with E-state index in [1.807, 2.05) is 0 Å². The number of rotatable bonds is 5. The van der Waals surface area contributed by atoms with E-state index >= 15 is 0 Å². The summed E-state index contributed by atoms with van der Waals surface area (Å²) in [7, 11) is 0. The van der Waals surface area contributed by atoms with E-state index in [4.69, 9.17) is 0 Å². The predicted octanol–water partition coefficient (Wildman–Crippen LogP) is 6.96. The van der Waals surface area contributed by atoms with Crippen LogP contribution >= 0.6 is 0 Å². The molecule has 8 atom stereocenters. The van der Waals surface area contributed by atoms with E-state index in [0.717, 1.165) is 44.4 Å². The summed E-state index contributed by atoms with van der Waals surface area (Å²) in [5.74, 6) is 4.39. The van der Waals surface area contributed by atoms with Crippen molar-refractivity contribution in [2.75, 3.05) is 0 Å². The van der Waals surface area contributed by atoms with E-state index in [-0.39, 0.29) is 22.3 Å². The lowest BCUT2D eigenvalue weighted by atomic mass is 9.45. The lowest BCUT2D eigenvalue weighted by molar-refractivity contribution is -0.148. The third kappa shape index (κ3) is 3.09. The van der Waals surface area contributed by atoms with Crippen LogP contribution in [0.3, 0.4) is 0 Å². The molecule has 1 N–H and O–H groups in total. The molecule has 1 spiro atoms. The quantitative estimate of drug-likeness (QED) is 0.483. The Morgan fingerprint density at radius 1 is 1.03 bits per heavy atom. The van der Waals surface area contributed by atoms with Gasteiger partial charge in [-0.15, -0.1) is 0 Å². The second kappa shape index (κ2) is 7.44. The summed E-state index contributed by atoms with van der Waals surface area (Å²) in [6.45, 7) is 11.9. The minimum Gasteiger partial charge on any atom is -0.392 e. The highest BCUT2D eigenvalue weighted by atomic mass is 16.3. The highest BCUT2D eigenvalue weighted by Crippen LogP contribution is 2.72. The van der Waals surface area contributed by atoms with Crippen LogP contribution in [0.2, 0.25) is 0 Å². The Labute approximate surface area is 190 Å². The Morgan fingerprint density at radius 3 is 2.45 bits per heavy atom. The molecule has 0 bridgehead atoms. The smallest absolute Gasteiger partial charge is 0.139 e. The van der Waals surface area contributed by atoms with Gasteiger partial charge in [0.2, 0.25) is 0 Å². The average molecular weight is 427 g/mol. The molecule has 0 radical (unpaired) electrons. The Balaban J connectivity index is 1.40. The van der Waals surface area contributed by atoms with Gasteiger partial charge in [-0.1, -0.05) is 65.5 Å². The Morgan fingerprint density at radius 2 is 1.77 bits per heavy atom. The number of aliphatic hydroxyl groups is 1. The Hall–Kier alpha value is -0.630. The summed E-state index contributed by atoms with van der Waals surface area (Å²) in [6.07, 6.45) is 15.2. The van der Waals surface area contributed by atoms with Gasteiger partial charge in [-0.2, -0.15) is 0 Å². The van der Waals surface area contributed by atoms with E-state index in [9.17, 15) is 9.90 Å². The number of hydrogen-bond acceptors (Lipinski definition) is 2. The van der Waals surface area contributed by atoms with E-state index < -0.39 is 0 Å². The average Bonchev–Trinajstić information content (AvgIpc) is 3.42. The molecule has 31 heavy (non-hydrogen) atoms. The van der Waals surface area contributed by atoms with E-state index in [2.05, 4.69) is 40.7 Å². The maximum absolute atomic E-state index is 13.9. The van der Waals surface area contributed by atoms with Gasteiger partial charge in [0.1, 0.15) is 5.78 Å². The molecule has 0 aromatic carbocycles. The minimum absolute atomic E-state index is 0.0882. The molecular formula is C29H46O2. The summed E-state index contributed by atoms with van der Waals surface area (Å²) < 4.78 is 0. The SMILES string of the molecule is CC(C)CCC[C@@H](C)[C@H]1CC[C@H]2[C@@H]3CC=C4C5(CC5)[C@H](O)CC[C@]4(C)[C@H]3CC(=O)[C@]12C. The van der Waals surface area contributed by atoms with Crippen LogP contribution < -0.4 is 0 Å². The van der Waals surface area contributed by atoms with Crippen LogP contribution in [-0.4, -0.2) is 17.0 Å². The van der Waals surface area contributed by atoms with E-state index in [0.29, 0.717) is 35.4 Å². The molecule has 5 aliphatic rings. The van der Waals surface area contributed by atoms with Crippen molar-refractivity contribution < 1.29 is 9.90 Å². The van der Waals surface area contributed by atoms with Crippen LogP contribution in [0.1, 0.15) is 105 Å². The number of carbonyl (C=O) groups is 1. The lowest BCUT2D eigenvalue weighted by Gasteiger charge is -2.59. The molecule has 0 unspecified atom stereocenters. The fraction of sp³-hybridized carbons (Fsp3) is 0.897. The number of Topliss-reactive ketones (excluding diaryl/α,β-unsaturated/α-hetero) is 1. The normalized spacial score (nSPS) is 46.4. The molecule has 4 saturated carbocycles. The standard InChI is InChI=1S/C29H46O2/c1-18(2)7-6-8-19(3)21-10-11-22-20-9-12-24-27(4,14-13-25(30)29(24)15-16-29)23(20)17-26(31)28(21,22)5/h12,18-23,25,30H,6-11,13-17H2,1-5H3/t19-,20+,21-,22+,23+,25-,27-,28-/m1/s1. The van der Waals surface area contributed by atoms with Crippen molar-refractivity contribution in [1.29, 1.82) is 0 Å². The first-order valence-electron chi connectivity index (χ1n) is 13.6. The van der Waals surface area contributed by atoms with Crippen molar-refractivity contribution in [3.05, 3.63) is 11.6 Å². The van der Waals surface area contributed by atoms with Gasteiger partial charge in [0.05, 0.1) is 6.10 Å². The second-order valence-electron chi connectivity index (χ2n) is 13.3. The molecule has 0 saturated heterocycles. The molecule has 2 nitrogen and oxygen atoms in total. The molecule has 0 heterocycles. The minimum atomic E-state index is -0.143. The molecule has 0 aromatic heterocycles. The zero-order valence-electron chi connectivity index (χ0n) is 20.8. The first-order valence-corrected chi connectivity index (χ1v) is 13.6. The van der Waals surface area contributed by atoms with Gasteiger partial charge in [0, 0.05) is 17.3 Å². The molecule has 0 aromatic rings. The number of hydrogen-bond donors (Lipinski definition) is 1. The molecule has 2 heteroatoms. The van der Waals surface area contributed by atoms with E-state index in [1.165, 1.54) is 32.1 Å². The highest BCUT2D eigenvalue weighted by Gasteiger charge is 2.67. The fourth-order valence-corrected chi connectivity index (χ4v) is 9.52. The molecule has 0 aliphatic heterocycles. The van der Waals surface area contributed by atoms with Gasteiger partial charge in [0.25, 0.3) is 0 Å². The summed E-state index contributed by atoms with van der Waals surface area (Å²) >= 11 is 0. The first kappa shape index (κ1) is 22.2. The van der Waals surface area contributed by atoms with Crippen molar-refractivity contribution >= 4 is 5.78 Å². The lowest BCUT2D eigenvalue weighted by Crippen LogP contribution is -2.56. The van der Waals surface area contributed by atoms with Crippen LogP contribution in [0.5, 0.6) is 0 Å². The maximum atomic E-state index is 13.9. The monoisotopic (exact) mass is 426 g/mol. The molecule has 5 aliphatic carbocycles. The molecule has 174 valence electrons. The fourth-order valence-electron chi connectivity index (χ4n) is 9.52. The van der Waals surface area contributed by atoms with Crippen LogP contribution in [0, 0.1) is 51.8 Å². The molecular weight excluding hydrogens is 380 g/mol. The van der Waals surface area contributed by atoms with Gasteiger partial charge in [-0.3, -0.25) is 4.79 Å². The third-order valence-electron chi connectivity index (χ3n) is 11.4. The summed E-state index contributed by atoms with van der Waals surface area (Å²) in [4.78, 5) is 13.9. The predicted molar refractivity (Wildman–Crippen MR) is 126 cm³/mol. The van der Waals surface area contributed by atoms with Crippen LogP contribution in [-0.2, 0) is 4.79 Å².